The average Bonchev–Trinajstić information content (AvgIpc) is 2.76. The molecule has 0 aliphatic carbocycles. The van der Waals surface area contributed by atoms with Crippen LogP contribution in [0.25, 0.3) is 10.9 Å². The van der Waals surface area contributed by atoms with Gasteiger partial charge in [0.1, 0.15) is 11.6 Å². The Labute approximate surface area is 179 Å². The minimum Gasteiger partial charge on any atom is -0.494 e. The molecular formula is C23H25N3O5. The zero-order valence-electron chi connectivity index (χ0n) is 17.8. The highest BCUT2D eigenvalue weighted by Gasteiger charge is 2.19. The number of nitrogens with one attached hydrogen (secondary N) is 1. The van der Waals surface area contributed by atoms with Crippen molar-refractivity contribution in [1.82, 2.24) is 9.55 Å². The van der Waals surface area contributed by atoms with Crippen LogP contribution in [0.2, 0.25) is 0 Å². The number of ether oxygens (including phenoxy) is 2. The summed E-state index contributed by atoms with van der Waals surface area (Å²) in [6.07, 6.45) is -0.741. The quantitative estimate of drug-likeness (QED) is 0.560. The van der Waals surface area contributed by atoms with Gasteiger partial charge >= 0.3 is 5.97 Å². The van der Waals surface area contributed by atoms with Gasteiger partial charge in [-0.25, -0.2) is 4.98 Å². The zero-order valence-corrected chi connectivity index (χ0v) is 17.8. The van der Waals surface area contributed by atoms with Gasteiger partial charge in [-0.1, -0.05) is 12.1 Å². The molecule has 8 nitrogen and oxygen atoms in total. The lowest BCUT2D eigenvalue weighted by molar-refractivity contribution is -0.153. The fraction of sp³-hybridized carbons (Fsp3) is 0.304. The van der Waals surface area contributed by atoms with E-state index in [-0.39, 0.29) is 18.4 Å². The summed E-state index contributed by atoms with van der Waals surface area (Å²) in [6.45, 7) is 3.95. The number of amides is 1. The van der Waals surface area contributed by atoms with Crippen molar-refractivity contribution in [1.29, 1.82) is 0 Å². The molecule has 1 N–H and O–H groups in total. The lowest BCUT2D eigenvalue weighted by atomic mass is 10.2. The predicted molar refractivity (Wildman–Crippen MR) is 117 cm³/mol. The molecule has 3 rings (SSSR count). The molecule has 1 aromatic heterocycles. The molecule has 3 aromatic rings. The molecule has 0 radical (unpaired) electrons. The molecule has 0 spiro atoms. The summed E-state index contributed by atoms with van der Waals surface area (Å²) >= 11 is 0. The SMILES string of the molecule is CCOc1ccc(NC(=O)C(C)OC(=O)CCc2nc3ccccc3c(=O)n2C)cc1. The first kappa shape index (κ1) is 22.0. The normalized spacial score (nSPS) is 11.7. The summed E-state index contributed by atoms with van der Waals surface area (Å²) in [5.41, 5.74) is 0.987. The third-order valence-electron chi connectivity index (χ3n) is 4.74. The van der Waals surface area contributed by atoms with Gasteiger partial charge in [0.05, 0.1) is 23.9 Å². The monoisotopic (exact) mass is 423 g/mol. The number of nitrogens with zero attached hydrogens (tertiary/aromatic N) is 2. The molecule has 0 aliphatic rings. The number of aryl methyl sites for hydroxylation is 1. The van der Waals surface area contributed by atoms with E-state index in [1.165, 1.54) is 11.5 Å². The number of anilines is 1. The van der Waals surface area contributed by atoms with Gasteiger partial charge in [-0.15, -0.1) is 0 Å². The van der Waals surface area contributed by atoms with Crippen LogP contribution >= 0.6 is 0 Å². The highest BCUT2D eigenvalue weighted by atomic mass is 16.5. The summed E-state index contributed by atoms with van der Waals surface area (Å²) in [5.74, 6) is 0.203. The van der Waals surface area contributed by atoms with Crippen molar-refractivity contribution in [2.45, 2.75) is 32.8 Å². The molecule has 162 valence electrons. The molecule has 8 heteroatoms. The van der Waals surface area contributed by atoms with Gasteiger partial charge in [0, 0.05) is 19.2 Å². The Kier molecular flexibility index (Phi) is 7.02. The number of rotatable bonds is 8. The summed E-state index contributed by atoms with van der Waals surface area (Å²) in [4.78, 5) is 41.4. The third kappa shape index (κ3) is 5.48. The van der Waals surface area contributed by atoms with Crippen LogP contribution in [-0.2, 0) is 27.8 Å². The van der Waals surface area contributed by atoms with Crippen molar-refractivity contribution in [3.8, 4) is 5.75 Å². The zero-order chi connectivity index (χ0) is 22.4. The van der Waals surface area contributed by atoms with Crippen LogP contribution in [0.3, 0.4) is 0 Å². The van der Waals surface area contributed by atoms with Crippen LogP contribution in [0.1, 0.15) is 26.1 Å². The molecule has 31 heavy (non-hydrogen) atoms. The van der Waals surface area contributed by atoms with E-state index in [1.807, 2.05) is 6.92 Å². The van der Waals surface area contributed by atoms with E-state index < -0.39 is 18.0 Å². The Balaban J connectivity index is 1.55. The van der Waals surface area contributed by atoms with Crippen molar-refractivity contribution in [2.24, 2.45) is 7.05 Å². The van der Waals surface area contributed by atoms with Crippen LogP contribution in [0.4, 0.5) is 5.69 Å². The molecule has 2 aromatic carbocycles. The number of benzene rings is 2. The van der Waals surface area contributed by atoms with Gasteiger partial charge in [0.15, 0.2) is 6.10 Å². The number of fused-ring (bicyclic) bond motifs is 1. The van der Waals surface area contributed by atoms with Crippen LogP contribution in [0.15, 0.2) is 53.3 Å². The molecule has 0 bridgehead atoms. The van der Waals surface area contributed by atoms with Crippen molar-refractivity contribution in [3.05, 3.63) is 64.7 Å². The van der Waals surface area contributed by atoms with E-state index in [9.17, 15) is 14.4 Å². The number of esters is 1. The van der Waals surface area contributed by atoms with Crippen molar-refractivity contribution < 1.29 is 19.1 Å². The molecule has 0 aliphatic heterocycles. The van der Waals surface area contributed by atoms with Gasteiger partial charge in [-0.3, -0.25) is 19.0 Å². The first-order valence-electron chi connectivity index (χ1n) is 10.1. The second kappa shape index (κ2) is 9.88. The summed E-state index contributed by atoms with van der Waals surface area (Å²) in [6, 6.07) is 14.0. The topological polar surface area (TPSA) is 99.5 Å². The fourth-order valence-electron chi connectivity index (χ4n) is 3.06. The minimum atomic E-state index is -0.965. The fourth-order valence-corrected chi connectivity index (χ4v) is 3.06. The largest absolute Gasteiger partial charge is 0.494 e. The predicted octanol–water partition coefficient (Wildman–Crippen LogP) is 2.84. The summed E-state index contributed by atoms with van der Waals surface area (Å²) < 4.78 is 12.0. The van der Waals surface area contributed by atoms with Gasteiger partial charge in [-0.2, -0.15) is 0 Å². The van der Waals surface area contributed by atoms with Crippen LogP contribution in [0.5, 0.6) is 5.75 Å². The van der Waals surface area contributed by atoms with Crippen LogP contribution in [-0.4, -0.2) is 34.1 Å². The second-order valence-electron chi connectivity index (χ2n) is 6.99. The molecule has 0 fully saturated rings. The smallest absolute Gasteiger partial charge is 0.307 e. The Morgan fingerprint density at radius 1 is 1.13 bits per heavy atom. The maximum absolute atomic E-state index is 12.4. The molecule has 1 heterocycles. The third-order valence-corrected chi connectivity index (χ3v) is 4.74. The molecule has 1 atom stereocenters. The van der Waals surface area contributed by atoms with Crippen molar-refractivity contribution in [3.63, 3.8) is 0 Å². The lowest BCUT2D eigenvalue weighted by Gasteiger charge is -2.14. The first-order chi connectivity index (χ1) is 14.9. The van der Waals surface area contributed by atoms with E-state index in [2.05, 4.69) is 10.3 Å². The number of para-hydroxylation sites is 1. The highest BCUT2D eigenvalue weighted by Crippen LogP contribution is 2.16. The number of carbonyl (C=O) groups is 2. The van der Waals surface area contributed by atoms with E-state index in [0.29, 0.717) is 34.8 Å². The highest BCUT2D eigenvalue weighted by molar-refractivity contribution is 5.95. The van der Waals surface area contributed by atoms with Crippen LogP contribution < -0.4 is 15.6 Å². The van der Waals surface area contributed by atoms with Crippen LogP contribution in [0, 0.1) is 0 Å². The lowest BCUT2D eigenvalue weighted by Crippen LogP contribution is -2.30. The Hall–Kier alpha value is -3.68. The van der Waals surface area contributed by atoms with E-state index >= 15 is 0 Å². The van der Waals surface area contributed by atoms with Gasteiger partial charge < -0.3 is 14.8 Å². The van der Waals surface area contributed by atoms with Gasteiger partial charge in [0.25, 0.3) is 11.5 Å². The van der Waals surface area contributed by atoms with E-state index in [1.54, 1.807) is 55.6 Å². The molecule has 1 unspecified atom stereocenters. The standard InChI is InChI=1S/C23H25N3O5/c1-4-30-17-11-9-16(10-12-17)24-22(28)15(2)31-21(27)14-13-20-25-19-8-6-5-7-18(19)23(29)26(20)3/h5-12,15H,4,13-14H2,1-3H3,(H,24,28). The minimum absolute atomic E-state index is 0.000701. The van der Waals surface area contributed by atoms with Gasteiger partial charge in [0.2, 0.25) is 0 Å². The maximum atomic E-state index is 12.4. The maximum Gasteiger partial charge on any atom is 0.307 e. The van der Waals surface area contributed by atoms with Gasteiger partial charge in [-0.05, 0) is 50.2 Å². The second-order valence-corrected chi connectivity index (χ2v) is 6.99. The van der Waals surface area contributed by atoms with Crippen molar-refractivity contribution >= 4 is 28.5 Å². The Morgan fingerprint density at radius 2 is 1.84 bits per heavy atom. The first-order valence-corrected chi connectivity index (χ1v) is 10.1. The summed E-state index contributed by atoms with van der Waals surface area (Å²) in [7, 11) is 1.62. The van der Waals surface area contributed by atoms with E-state index in [4.69, 9.17) is 9.47 Å². The summed E-state index contributed by atoms with van der Waals surface area (Å²) in [5, 5.41) is 3.22. The number of hydrogen-bond donors (Lipinski definition) is 1. The Morgan fingerprint density at radius 3 is 2.55 bits per heavy atom. The molecule has 1 amide bonds. The van der Waals surface area contributed by atoms with Crippen molar-refractivity contribution in [2.75, 3.05) is 11.9 Å². The molecule has 0 saturated heterocycles. The molecule has 0 saturated carbocycles. The number of aromatic nitrogens is 2. The average molecular weight is 423 g/mol. The number of carbonyl (C=O) groups excluding carboxylic acids is 2. The van der Waals surface area contributed by atoms with E-state index in [0.717, 1.165) is 0 Å². The number of hydrogen-bond acceptors (Lipinski definition) is 6. The molecular weight excluding hydrogens is 398 g/mol. The Bertz CT molecular complexity index is 1140.